The number of piperidine rings is 1. The number of hydrogen-bond donors (Lipinski definition) is 0. The first-order valence-electron chi connectivity index (χ1n) is 11.1. The maximum Gasteiger partial charge on any atom is 0.229 e. The largest absolute Gasteiger partial charge is 0.339 e. The zero-order valence-electron chi connectivity index (χ0n) is 19.3. The summed E-state index contributed by atoms with van der Waals surface area (Å²) in [5.74, 6) is 1.66. The highest BCUT2D eigenvalue weighted by Gasteiger charge is 2.28. The van der Waals surface area contributed by atoms with Crippen LogP contribution in [0.2, 0.25) is 0 Å². The molecular formula is C22H36N6O2. The van der Waals surface area contributed by atoms with Crippen molar-refractivity contribution >= 4 is 5.91 Å². The van der Waals surface area contributed by atoms with E-state index in [1.54, 1.807) is 6.92 Å². The van der Waals surface area contributed by atoms with Gasteiger partial charge in [0.05, 0.1) is 5.69 Å². The molecule has 1 atom stereocenters. The lowest BCUT2D eigenvalue weighted by Gasteiger charge is -2.39. The SMILES string of the molecule is CCn1nc(C)c(CN2CCCC(N(CCc3noc(C(C)C)n3)C(C)=O)C2)c1C. The van der Waals surface area contributed by atoms with Gasteiger partial charge in [-0.25, -0.2) is 0 Å². The van der Waals surface area contributed by atoms with E-state index in [2.05, 4.69) is 45.6 Å². The van der Waals surface area contributed by atoms with Crippen molar-refractivity contribution in [3.05, 3.63) is 28.7 Å². The highest BCUT2D eigenvalue weighted by atomic mass is 16.5. The maximum atomic E-state index is 12.4. The van der Waals surface area contributed by atoms with Gasteiger partial charge in [-0.05, 0) is 40.2 Å². The van der Waals surface area contributed by atoms with Crippen molar-refractivity contribution in [2.75, 3.05) is 19.6 Å². The molecule has 1 aliphatic heterocycles. The molecular weight excluding hydrogens is 380 g/mol. The van der Waals surface area contributed by atoms with Crippen molar-refractivity contribution < 1.29 is 9.32 Å². The molecule has 1 amide bonds. The normalized spacial score (nSPS) is 17.6. The molecule has 0 radical (unpaired) electrons. The van der Waals surface area contributed by atoms with Gasteiger partial charge >= 0.3 is 0 Å². The summed E-state index contributed by atoms with van der Waals surface area (Å²) in [6, 6.07) is 0.217. The van der Waals surface area contributed by atoms with E-state index in [0.29, 0.717) is 24.7 Å². The Labute approximate surface area is 179 Å². The van der Waals surface area contributed by atoms with Crippen molar-refractivity contribution in [2.45, 2.75) is 85.9 Å². The van der Waals surface area contributed by atoms with E-state index in [1.807, 2.05) is 18.7 Å². The van der Waals surface area contributed by atoms with Crippen LogP contribution in [-0.2, 0) is 24.3 Å². The Balaban J connectivity index is 1.63. The number of amides is 1. The molecule has 8 nitrogen and oxygen atoms in total. The Kier molecular flexibility index (Phi) is 7.28. The van der Waals surface area contributed by atoms with Crippen LogP contribution < -0.4 is 0 Å². The topological polar surface area (TPSA) is 80.3 Å². The minimum atomic E-state index is 0.112. The van der Waals surface area contributed by atoms with Gasteiger partial charge in [-0.1, -0.05) is 19.0 Å². The summed E-state index contributed by atoms with van der Waals surface area (Å²) in [4.78, 5) is 21.3. The fourth-order valence-electron chi connectivity index (χ4n) is 4.34. The minimum Gasteiger partial charge on any atom is -0.339 e. The summed E-state index contributed by atoms with van der Waals surface area (Å²) in [5.41, 5.74) is 3.68. The quantitative estimate of drug-likeness (QED) is 0.658. The van der Waals surface area contributed by atoms with Crippen molar-refractivity contribution in [1.29, 1.82) is 0 Å². The molecule has 2 aromatic heterocycles. The summed E-state index contributed by atoms with van der Waals surface area (Å²) in [6.07, 6.45) is 2.74. The fraction of sp³-hybridized carbons (Fsp3) is 0.727. The van der Waals surface area contributed by atoms with E-state index in [1.165, 1.54) is 11.3 Å². The molecule has 2 aromatic rings. The third-order valence-corrected chi connectivity index (χ3v) is 6.09. The van der Waals surface area contributed by atoms with E-state index in [9.17, 15) is 4.79 Å². The van der Waals surface area contributed by atoms with Gasteiger partial charge < -0.3 is 9.42 Å². The van der Waals surface area contributed by atoms with Crippen LogP contribution in [0, 0.1) is 13.8 Å². The van der Waals surface area contributed by atoms with E-state index < -0.39 is 0 Å². The van der Waals surface area contributed by atoms with Crippen LogP contribution in [0.4, 0.5) is 0 Å². The van der Waals surface area contributed by atoms with Crippen molar-refractivity contribution in [3.8, 4) is 0 Å². The number of carbonyl (C=O) groups is 1. The molecule has 0 N–H and O–H groups in total. The number of nitrogens with zero attached hydrogens (tertiary/aromatic N) is 6. The lowest BCUT2D eigenvalue weighted by Crippen LogP contribution is -2.50. The Morgan fingerprint density at radius 3 is 2.70 bits per heavy atom. The van der Waals surface area contributed by atoms with Gasteiger partial charge in [0.25, 0.3) is 0 Å². The number of aryl methyl sites for hydroxylation is 2. The summed E-state index contributed by atoms with van der Waals surface area (Å²) in [5, 5.41) is 8.73. The van der Waals surface area contributed by atoms with Crippen LogP contribution in [0.25, 0.3) is 0 Å². The summed E-state index contributed by atoms with van der Waals surface area (Å²) >= 11 is 0. The van der Waals surface area contributed by atoms with E-state index >= 15 is 0 Å². The van der Waals surface area contributed by atoms with Crippen LogP contribution in [-0.4, -0.2) is 61.3 Å². The molecule has 0 bridgehead atoms. The van der Waals surface area contributed by atoms with E-state index in [4.69, 9.17) is 4.52 Å². The van der Waals surface area contributed by atoms with Gasteiger partial charge in [0.1, 0.15) is 0 Å². The standard InChI is InChI=1S/C22H36N6O2/c1-7-28-17(5)20(16(4)24-28)14-26-11-8-9-19(13-26)27(18(6)29)12-10-21-23-22(15(2)3)30-25-21/h15,19H,7-14H2,1-6H3. The smallest absolute Gasteiger partial charge is 0.229 e. The van der Waals surface area contributed by atoms with E-state index in [-0.39, 0.29) is 17.9 Å². The zero-order valence-corrected chi connectivity index (χ0v) is 19.3. The molecule has 0 aromatic carbocycles. The lowest BCUT2D eigenvalue weighted by atomic mass is 10.0. The Morgan fingerprint density at radius 1 is 1.33 bits per heavy atom. The predicted octanol–water partition coefficient (Wildman–Crippen LogP) is 3.08. The number of rotatable bonds is 8. The van der Waals surface area contributed by atoms with Crippen LogP contribution in [0.5, 0.6) is 0 Å². The molecule has 0 spiro atoms. The molecule has 1 saturated heterocycles. The second-order valence-corrected chi connectivity index (χ2v) is 8.66. The Bertz CT molecular complexity index is 856. The molecule has 1 fully saturated rings. The average Bonchev–Trinajstić information content (AvgIpc) is 3.28. The van der Waals surface area contributed by atoms with Gasteiger partial charge in [0, 0.05) is 62.7 Å². The molecule has 8 heteroatoms. The Morgan fingerprint density at radius 2 is 2.10 bits per heavy atom. The molecule has 0 aliphatic carbocycles. The van der Waals surface area contributed by atoms with Crippen molar-refractivity contribution in [1.82, 2.24) is 29.7 Å². The minimum absolute atomic E-state index is 0.112. The first-order valence-corrected chi connectivity index (χ1v) is 11.1. The predicted molar refractivity (Wildman–Crippen MR) is 115 cm³/mol. The molecule has 3 heterocycles. The summed E-state index contributed by atoms with van der Waals surface area (Å²) < 4.78 is 7.37. The highest BCUT2D eigenvalue weighted by molar-refractivity contribution is 5.73. The van der Waals surface area contributed by atoms with Crippen LogP contribution >= 0.6 is 0 Å². The molecule has 30 heavy (non-hydrogen) atoms. The third-order valence-electron chi connectivity index (χ3n) is 6.09. The second kappa shape index (κ2) is 9.73. The average molecular weight is 417 g/mol. The first kappa shape index (κ1) is 22.5. The van der Waals surface area contributed by atoms with Crippen molar-refractivity contribution in [2.24, 2.45) is 0 Å². The summed E-state index contributed by atoms with van der Waals surface area (Å²) in [7, 11) is 0. The van der Waals surface area contributed by atoms with Crippen LogP contribution in [0.3, 0.4) is 0 Å². The maximum absolute atomic E-state index is 12.4. The molecule has 1 unspecified atom stereocenters. The highest BCUT2D eigenvalue weighted by Crippen LogP contribution is 2.22. The second-order valence-electron chi connectivity index (χ2n) is 8.66. The van der Waals surface area contributed by atoms with Gasteiger partial charge in [-0.2, -0.15) is 10.1 Å². The number of hydrogen-bond acceptors (Lipinski definition) is 6. The zero-order chi connectivity index (χ0) is 21.8. The first-order chi connectivity index (χ1) is 14.3. The Hall–Kier alpha value is -2.22. The number of aromatic nitrogens is 4. The molecule has 3 rings (SSSR count). The summed E-state index contributed by atoms with van der Waals surface area (Å²) in [6.45, 7) is 16.4. The van der Waals surface area contributed by atoms with Gasteiger partial charge in [0.15, 0.2) is 5.82 Å². The van der Waals surface area contributed by atoms with Crippen molar-refractivity contribution in [3.63, 3.8) is 0 Å². The van der Waals surface area contributed by atoms with Crippen LogP contribution in [0.1, 0.15) is 75.1 Å². The monoisotopic (exact) mass is 416 g/mol. The third kappa shape index (κ3) is 5.09. The number of likely N-dealkylation sites (tertiary alicyclic amines) is 1. The molecule has 0 saturated carbocycles. The van der Waals surface area contributed by atoms with E-state index in [0.717, 1.165) is 44.7 Å². The van der Waals surface area contributed by atoms with Gasteiger partial charge in [-0.15, -0.1) is 0 Å². The fourth-order valence-corrected chi connectivity index (χ4v) is 4.34. The van der Waals surface area contributed by atoms with Gasteiger partial charge in [-0.3, -0.25) is 14.4 Å². The molecule has 166 valence electrons. The number of carbonyl (C=O) groups excluding carboxylic acids is 1. The van der Waals surface area contributed by atoms with Gasteiger partial charge in [0.2, 0.25) is 11.8 Å². The molecule has 1 aliphatic rings. The van der Waals surface area contributed by atoms with Crippen LogP contribution in [0.15, 0.2) is 4.52 Å². The lowest BCUT2D eigenvalue weighted by molar-refractivity contribution is -0.132.